The molecule has 21 heavy (non-hydrogen) atoms. The highest BCUT2D eigenvalue weighted by atomic mass is 35.5. The van der Waals surface area contributed by atoms with Gasteiger partial charge in [0, 0.05) is 11.5 Å². The Morgan fingerprint density at radius 1 is 1.38 bits per heavy atom. The van der Waals surface area contributed by atoms with Gasteiger partial charge in [-0.05, 0) is 30.0 Å². The van der Waals surface area contributed by atoms with Crippen molar-refractivity contribution in [3.05, 3.63) is 28.8 Å². The smallest absolute Gasteiger partial charge is 0.338 e. The summed E-state index contributed by atoms with van der Waals surface area (Å²) in [4.78, 5) is 2.89. The molecule has 0 spiro atoms. The lowest BCUT2D eigenvalue weighted by molar-refractivity contribution is -0.453. The second-order valence-corrected chi connectivity index (χ2v) is 6.74. The zero-order valence-corrected chi connectivity index (χ0v) is 14.3. The minimum atomic E-state index is 0.265. The van der Waals surface area contributed by atoms with Crippen LogP contribution in [0.1, 0.15) is 25.8 Å². The number of ether oxygens (including phenoxy) is 1. The molecule has 0 atom stereocenters. The Balaban J connectivity index is 2.37. The molecule has 0 aliphatic rings. The van der Waals surface area contributed by atoms with Crippen molar-refractivity contribution in [2.45, 2.75) is 26.0 Å². The molecule has 0 saturated heterocycles. The molecule has 0 radical (unpaired) electrons. The van der Waals surface area contributed by atoms with Crippen molar-refractivity contribution in [2.24, 2.45) is 17.4 Å². The Kier molecular flexibility index (Phi) is 8.38. The van der Waals surface area contributed by atoms with Gasteiger partial charge in [0.1, 0.15) is 5.75 Å². The molecular formula is C15H25ClN3OS+. The highest BCUT2D eigenvalue weighted by Crippen LogP contribution is 2.27. The molecule has 0 fully saturated rings. The minimum Gasteiger partial charge on any atom is -0.492 e. The van der Waals surface area contributed by atoms with E-state index in [4.69, 9.17) is 27.8 Å². The molecule has 4 nitrogen and oxygen atoms in total. The van der Waals surface area contributed by atoms with Crippen LogP contribution >= 0.6 is 23.4 Å². The molecule has 0 aliphatic heterocycles. The SMILES string of the molecule is CC(C)CCOc1ccc(CSCC[NH+]=C(N)N)cc1Cl. The predicted molar refractivity (Wildman–Crippen MR) is 91.8 cm³/mol. The molecule has 1 aromatic rings. The summed E-state index contributed by atoms with van der Waals surface area (Å²) in [5.41, 5.74) is 11.8. The first kappa shape index (κ1) is 18.0. The summed E-state index contributed by atoms with van der Waals surface area (Å²) in [6.45, 7) is 5.82. The van der Waals surface area contributed by atoms with Crippen molar-refractivity contribution in [1.82, 2.24) is 0 Å². The van der Waals surface area contributed by atoms with Crippen LogP contribution in [0.2, 0.25) is 5.02 Å². The van der Waals surface area contributed by atoms with Gasteiger partial charge in [-0.2, -0.15) is 11.8 Å². The number of halogens is 1. The van der Waals surface area contributed by atoms with Gasteiger partial charge in [0.15, 0.2) is 0 Å². The Labute approximate surface area is 136 Å². The van der Waals surface area contributed by atoms with Crippen LogP contribution in [-0.4, -0.2) is 24.9 Å². The fourth-order valence-corrected chi connectivity index (χ4v) is 2.68. The molecule has 6 heteroatoms. The molecule has 0 amide bonds. The van der Waals surface area contributed by atoms with E-state index in [1.807, 2.05) is 12.1 Å². The second kappa shape index (κ2) is 9.79. The number of guanidine groups is 1. The number of benzene rings is 1. The van der Waals surface area contributed by atoms with Crippen LogP contribution in [0.5, 0.6) is 5.75 Å². The Morgan fingerprint density at radius 3 is 2.76 bits per heavy atom. The first-order chi connectivity index (χ1) is 9.99. The van der Waals surface area contributed by atoms with E-state index in [0.717, 1.165) is 30.2 Å². The molecular weight excluding hydrogens is 306 g/mol. The van der Waals surface area contributed by atoms with Crippen molar-refractivity contribution in [2.75, 3.05) is 18.9 Å². The highest BCUT2D eigenvalue weighted by Gasteiger charge is 2.04. The van der Waals surface area contributed by atoms with Crippen molar-refractivity contribution in [3.8, 4) is 5.75 Å². The lowest BCUT2D eigenvalue weighted by Crippen LogP contribution is -2.78. The van der Waals surface area contributed by atoms with Crippen molar-refractivity contribution < 1.29 is 9.73 Å². The van der Waals surface area contributed by atoms with Gasteiger partial charge in [-0.1, -0.05) is 31.5 Å². The van der Waals surface area contributed by atoms with E-state index in [2.05, 4.69) is 24.9 Å². The zero-order valence-electron chi connectivity index (χ0n) is 12.7. The normalized spacial score (nSPS) is 10.7. The largest absolute Gasteiger partial charge is 0.492 e. The lowest BCUT2D eigenvalue weighted by Gasteiger charge is -2.10. The third-order valence-corrected chi connectivity index (χ3v) is 4.12. The fraction of sp³-hybridized carbons (Fsp3) is 0.533. The Hall–Kier alpha value is -1.07. The summed E-state index contributed by atoms with van der Waals surface area (Å²) in [6.07, 6.45) is 1.03. The van der Waals surface area contributed by atoms with E-state index >= 15 is 0 Å². The van der Waals surface area contributed by atoms with Crippen molar-refractivity contribution >= 4 is 29.3 Å². The molecule has 0 aromatic heterocycles. The quantitative estimate of drug-likeness (QED) is 0.363. The van der Waals surface area contributed by atoms with Gasteiger partial charge >= 0.3 is 5.96 Å². The van der Waals surface area contributed by atoms with Crippen molar-refractivity contribution in [1.29, 1.82) is 0 Å². The van der Waals surface area contributed by atoms with Crippen LogP contribution in [0.15, 0.2) is 18.2 Å². The van der Waals surface area contributed by atoms with Gasteiger partial charge < -0.3 is 4.74 Å². The van der Waals surface area contributed by atoms with Crippen LogP contribution in [0.25, 0.3) is 0 Å². The molecule has 118 valence electrons. The minimum absolute atomic E-state index is 0.265. The molecule has 5 N–H and O–H groups in total. The summed E-state index contributed by atoms with van der Waals surface area (Å²) < 4.78 is 5.69. The standard InChI is InChI=1S/C15H24ClN3OS/c1-11(2)5-7-20-14-4-3-12(9-13(14)16)10-21-8-6-19-15(17)18/h3-4,9,11H,5-8,10H2,1-2H3,(H4,17,18,19)/p+1. The Morgan fingerprint density at radius 2 is 2.14 bits per heavy atom. The highest BCUT2D eigenvalue weighted by molar-refractivity contribution is 7.98. The number of nitrogens with two attached hydrogens (primary N) is 2. The monoisotopic (exact) mass is 330 g/mol. The Bertz CT molecular complexity index is 462. The first-order valence-electron chi connectivity index (χ1n) is 7.09. The van der Waals surface area contributed by atoms with E-state index in [0.29, 0.717) is 17.5 Å². The maximum absolute atomic E-state index is 6.24. The van der Waals surface area contributed by atoms with Gasteiger partial charge in [0.05, 0.1) is 18.2 Å². The van der Waals surface area contributed by atoms with Crippen LogP contribution in [0.3, 0.4) is 0 Å². The number of hydrogen-bond donors (Lipinski definition) is 3. The van der Waals surface area contributed by atoms with Crippen molar-refractivity contribution in [3.63, 3.8) is 0 Å². The van der Waals surface area contributed by atoms with Gasteiger partial charge in [0.2, 0.25) is 0 Å². The summed E-state index contributed by atoms with van der Waals surface area (Å²) in [5.74, 6) is 3.49. The maximum atomic E-state index is 6.24. The van der Waals surface area contributed by atoms with Gasteiger partial charge in [-0.25, -0.2) is 0 Å². The van der Waals surface area contributed by atoms with Crippen LogP contribution < -0.4 is 21.2 Å². The van der Waals surface area contributed by atoms with E-state index in [1.165, 1.54) is 5.56 Å². The van der Waals surface area contributed by atoms with E-state index < -0.39 is 0 Å². The molecule has 0 aliphatic carbocycles. The molecule has 1 aromatic carbocycles. The van der Waals surface area contributed by atoms with Gasteiger partial charge in [0.25, 0.3) is 0 Å². The van der Waals surface area contributed by atoms with E-state index in [-0.39, 0.29) is 5.96 Å². The third kappa shape index (κ3) is 8.07. The average Bonchev–Trinajstić information content (AvgIpc) is 2.40. The molecule has 0 saturated carbocycles. The predicted octanol–water partition coefficient (Wildman–Crippen LogP) is 1.35. The lowest BCUT2D eigenvalue weighted by atomic mass is 10.1. The number of thioether (sulfide) groups is 1. The van der Waals surface area contributed by atoms with E-state index in [9.17, 15) is 0 Å². The second-order valence-electron chi connectivity index (χ2n) is 5.23. The number of rotatable bonds is 9. The van der Waals surface area contributed by atoms with Gasteiger partial charge in [-0.15, -0.1) is 0 Å². The van der Waals surface area contributed by atoms with Crippen LogP contribution in [0, 0.1) is 5.92 Å². The summed E-state index contributed by atoms with van der Waals surface area (Å²) in [6, 6.07) is 5.97. The van der Waals surface area contributed by atoms with E-state index in [1.54, 1.807) is 11.8 Å². The first-order valence-corrected chi connectivity index (χ1v) is 8.63. The van der Waals surface area contributed by atoms with Crippen LogP contribution in [-0.2, 0) is 5.75 Å². The average molecular weight is 331 g/mol. The van der Waals surface area contributed by atoms with Crippen LogP contribution in [0.4, 0.5) is 0 Å². The summed E-state index contributed by atoms with van der Waals surface area (Å²) in [7, 11) is 0. The maximum Gasteiger partial charge on any atom is 0.338 e. The topological polar surface area (TPSA) is 75.2 Å². The fourth-order valence-electron chi connectivity index (χ4n) is 1.61. The summed E-state index contributed by atoms with van der Waals surface area (Å²) in [5, 5.41) is 0.675. The van der Waals surface area contributed by atoms with Gasteiger partial charge in [-0.3, -0.25) is 16.5 Å². The zero-order chi connectivity index (χ0) is 15.7. The number of hydrogen-bond acceptors (Lipinski definition) is 2. The summed E-state index contributed by atoms with van der Waals surface area (Å²) >= 11 is 8.04. The molecule has 1 rings (SSSR count). The third-order valence-electron chi connectivity index (χ3n) is 2.79. The number of nitrogens with one attached hydrogen (secondary N) is 1. The molecule has 0 heterocycles. The molecule has 0 unspecified atom stereocenters. The molecule has 0 bridgehead atoms.